The number of carboxylic acid groups (broad SMARTS) is 1. The minimum atomic E-state index is -0.999. The second-order valence-corrected chi connectivity index (χ2v) is 3.90. The van der Waals surface area contributed by atoms with Crippen LogP contribution in [-0.2, 0) is 11.8 Å². The lowest BCUT2D eigenvalue weighted by Gasteiger charge is -1.99. The van der Waals surface area contributed by atoms with Gasteiger partial charge in [0.25, 0.3) is 0 Å². The van der Waals surface area contributed by atoms with Crippen molar-refractivity contribution < 1.29 is 14.3 Å². The van der Waals surface area contributed by atoms with Gasteiger partial charge in [0.2, 0.25) is 0 Å². The summed E-state index contributed by atoms with van der Waals surface area (Å²) < 4.78 is 14.9. The van der Waals surface area contributed by atoms with E-state index in [0.717, 1.165) is 28.2 Å². The number of aryl methyl sites for hydroxylation is 2. The largest absolute Gasteiger partial charge is 0.478 e. The molecule has 1 aromatic heterocycles. The van der Waals surface area contributed by atoms with Gasteiger partial charge in [0.15, 0.2) is 0 Å². The highest BCUT2D eigenvalue weighted by atomic mass is 19.1. The number of nitrogens with zero attached hydrogens (tertiary/aromatic N) is 1. The molecule has 17 heavy (non-hydrogen) atoms. The van der Waals surface area contributed by atoms with Crippen LogP contribution >= 0.6 is 0 Å². The van der Waals surface area contributed by atoms with Crippen molar-refractivity contribution >= 4 is 22.9 Å². The highest BCUT2D eigenvalue weighted by Gasteiger charge is 2.10. The molecule has 0 unspecified atom stereocenters. The number of aromatic nitrogens is 1. The first-order valence-electron chi connectivity index (χ1n) is 5.16. The van der Waals surface area contributed by atoms with Crippen LogP contribution in [0.3, 0.4) is 0 Å². The molecule has 0 aliphatic carbocycles. The van der Waals surface area contributed by atoms with E-state index in [1.165, 1.54) is 18.2 Å². The fourth-order valence-corrected chi connectivity index (χ4v) is 2.01. The molecule has 1 aromatic carbocycles. The highest BCUT2D eigenvalue weighted by molar-refractivity contribution is 5.91. The number of halogens is 1. The molecule has 0 radical (unpaired) electrons. The van der Waals surface area contributed by atoms with E-state index in [-0.39, 0.29) is 5.82 Å². The van der Waals surface area contributed by atoms with E-state index in [4.69, 9.17) is 5.11 Å². The standard InChI is InChI=1S/C13H12FNO2/c1-8-10-4-3-9(14)7-12(10)15(2)11(8)5-6-13(16)17/h3-7H,1-2H3,(H,16,17)/b6-5+. The minimum absolute atomic E-state index is 0.299. The molecular weight excluding hydrogens is 221 g/mol. The van der Waals surface area contributed by atoms with Crippen molar-refractivity contribution in [2.45, 2.75) is 6.92 Å². The topological polar surface area (TPSA) is 42.2 Å². The SMILES string of the molecule is Cc1c(/C=C/C(=O)O)n(C)c2cc(F)ccc12. The molecule has 0 atom stereocenters. The van der Waals surface area contributed by atoms with Crippen LogP contribution in [0.4, 0.5) is 4.39 Å². The fraction of sp³-hybridized carbons (Fsp3) is 0.154. The van der Waals surface area contributed by atoms with Crippen LogP contribution in [0.5, 0.6) is 0 Å². The fourth-order valence-electron chi connectivity index (χ4n) is 2.01. The van der Waals surface area contributed by atoms with Crippen LogP contribution in [0.15, 0.2) is 24.3 Å². The first-order chi connectivity index (χ1) is 8.00. The van der Waals surface area contributed by atoms with Crippen molar-refractivity contribution in [2.75, 3.05) is 0 Å². The maximum atomic E-state index is 13.1. The lowest BCUT2D eigenvalue weighted by molar-refractivity contribution is -0.131. The van der Waals surface area contributed by atoms with Gasteiger partial charge >= 0.3 is 5.97 Å². The monoisotopic (exact) mass is 233 g/mol. The number of hydrogen-bond acceptors (Lipinski definition) is 1. The van der Waals surface area contributed by atoms with Gasteiger partial charge in [-0.05, 0) is 36.8 Å². The van der Waals surface area contributed by atoms with Crippen molar-refractivity contribution in [3.63, 3.8) is 0 Å². The third kappa shape index (κ3) is 1.93. The summed E-state index contributed by atoms with van der Waals surface area (Å²) in [5.41, 5.74) is 2.47. The third-order valence-corrected chi connectivity index (χ3v) is 2.85. The van der Waals surface area contributed by atoms with E-state index in [9.17, 15) is 9.18 Å². The molecule has 1 N–H and O–H groups in total. The number of fused-ring (bicyclic) bond motifs is 1. The number of carboxylic acids is 1. The zero-order valence-corrected chi connectivity index (χ0v) is 9.57. The predicted octanol–water partition coefficient (Wildman–Crippen LogP) is 2.72. The number of aliphatic carboxylic acids is 1. The highest BCUT2D eigenvalue weighted by Crippen LogP contribution is 2.26. The molecule has 2 aromatic rings. The molecule has 0 saturated heterocycles. The summed E-state index contributed by atoms with van der Waals surface area (Å²) in [6, 6.07) is 4.55. The Bertz CT molecular complexity index is 626. The maximum absolute atomic E-state index is 13.1. The average molecular weight is 233 g/mol. The van der Waals surface area contributed by atoms with Gasteiger partial charge in [-0.3, -0.25) is 0 Å². The molecule has 1 heterocycles. The number of carbonyl (C=O) groups is 1. The summed E-state index contributed by atoms with van der Waals surface area (Å²) in [7, 11) is 1.79. The molecule has 2 rings (SSSR count). The summed E-state index contributed by atoms with van der Waals surface area (Å²) in [4.78, 5) is 10.5. The quantitative estimate of drug-likeness (QED) is 0.810. The van der Waals surface area contributed by atoms with Crippen LogP contribution in [0.25, 0.3) is 17.0 Å². The Balaban J connectivity index is 2.68. The molecule has 0 saturated carbocycles. The van der Waals surface area contributed by atoms with Gasteiger partial charge in [-0.2, -0.15) is 0 Å². The summed E-state index contributed by atoms with van der Waals surface area (Å²) >= 11 is 0. The Kier molecular flexibility index (Phi) is 2.71. The molecule has 0 aliphatic rings. The van der Waals surface area contributed by atoms with Crippen molar-refractivity contribution in [3.05, 3.63) is 41.3 Å². The van der Waals surface area contributed by atoms with Gasteiger partial charge in [-0.25, -0.2) is 9.18 Å². The predicted molar refractivity (Wildman–Crippen MR) is 64.3 cm³/mol. The van der Waals surface area contributed by atoms with Crippen molar-refractivity contribution in [1.29, 1.82) is 0 Å². The molecule has 4 heteroatoms. The lowest BCUT2D eigenvalue weighted by Crippen LogP contribution is -1.93. The van der Waals surface area contributed by atoms with E-state index < -0.39 is 5.97 Å². The third-order valence-electron chi connectivity index (χ3n) is 2.85. The maximum Gasteiger partial charge on any atom is 0.328 e. The smallest absolute Gasteiger partial charge is 0.328 e. The molecule has 0 spiro atoms. The van der Waals surface area contributed by atoms with E-state index in [2.05, 4.69) is 0 Å². The second-order valence-electron chi connectivity index (χ2n) is 3.90. The first-order valence-corrected chi connectivity index (χ1v) is 5.16. The van der Waals surface area contributed by atoms with Crippen molar-refractivity contribution in [1.82, 2.24) is 4.57 Å². The van der Waals surface area contributed by atoms with E-state index in [0.29, 0.717) is 0 Å². The molecular formula is C13H12FNO2. The Hall–Kier alpha value is -2.10. The number of benzene rings is 1. The van der Waals surface area contributed by atoms with Gasteiger partial charge in [-0.15, -0.1) is 0 Å². The van der Waals surface area contributed by atoms with Gasteiger partial charge in [-0.1, -0.05) is 0 Å². The Morgan fingerprint density at radius 2 is 2.18 bits per heavy atom. The van der Waals surface area contributed by atoms with Gasteiger partial charge in [0.05, 0.1) is 5.52 Å². The van der Waals surface area contributed by atoms with Gasteiger partial charge in [0.1, 0.15) is 5.82 Å². The minimum Gasteiger partial charge on any atom is -0.478 e. The van der Waals surface area contributed by atoms with Crippen LogP contribution in [-0.4, -0.2) is 15.6 Å². The van der Waals surface area contributed by atoms with Gasteiger partial charge < -0.3 is 9.67 Å². The van der Waals surface area contributed by atoms with Gasteiger partial charge in [0, 0.05) is 24.2 Å². The van der Waals surface area contributed by atoms with Crippen LogP contribution in [0.1, 0.15) is 11.3 Å². The summed E-state index contributed by atoms with van der Waals surface area (Å²) in [5.74, 6) is -1.30. The first kappa shape index (κ1) is 11.4. The molecule has 0 bridgehead atoms. The summed E-state index contributed by atoms with van der Waals surface area (Å²) in [5, 5.41) is 9.55. The zero-order valence-electron chi connectivity index (χ0n) is 9.57. The van der Waals surface area contributed by atoms with E-state index in [1.54, 1.807) is 17.7 Å². The van der Waals surface area contributed by atoms with Crippen LogP contribution in [0.2, 0.25) is 0 Å². The summed E-state index contributed by atoms with van der Waals surface area (Å²) in [6.07, 6.45) is 2.60. The van der Waals surface area contributed by atoms with Crippen molar-refractivity contribution in [3.8, 4) is 0 Å². The zero-order chi connectivity index (χ0) is 12.6. The van der Waals surface area contributed by atoms with Crippen LogP contribution < -0.4 is 0 Å². The molecule has 3 nitrogen and oxygen atoms in total. The summed E-state index contributed by atoms with van der Waals surface area (Å²) in [6.45, 7) is 1.89. The Morgan fingerprint density at radius 1 is 1.47 bits per heavy atom. The van der Waals surface area contributed by atoms with E-state index >= 15 is 0 Å². The molecule has 0 fully saturated rings. The number of hydrogen-bond donors (Lipinski definition) is 1. The molecule has 0 aliphatic heterocycles. The average Bonchev–Trinajstić information content (AvgIpc) is 2.49. The lowest BCUT2D eigenvalue weighted by atomic mass is 10.1. The normalized spacial score (nSPS) is 11.5. The second kappa shape index (κ2) is 4.05. The van der Waals surface area contributed by atoms with Crippen LogP contribution in [0, 0.1) is 12.7 Å². The Morgan fingerprint density at radius 3 is 2.82 bits per heavy atom. The molecule has 0 amide bonds. The molecule has 88 valence electrons. The Labute approximate surface area is 97.8 Å². The van der Waals surface area contributed by atoms with E-state index in [1.807, 2.05) is 6.92 Å². The van der Waals surface area contributed by atoms with Crippen molar-refractivity contribution in [2.24, 2.45) is 7.05 Å². The number of rotatable bonds is 2.